The third kappa shape index (κ3) is 2.89. The second kappa shape index (κ2) is 5.61. The van der Waals surface area contributed by atoms with Crippen LogP contribution in [0.2, 0.25) is 0 Å². The van der Waals surface area contributed by atoms with Gasteiger partial charge in [-0.1, -0.05) is 0 Å². The number of anilines is 3. The molecular formula is C13H22N6. The van der Waals surface area contributed by atoms with E-state index in [-0.39, 0.29) is 0 Å². The molecule has 3 heterocycles. The van der Waals surface area contributed by atoms with Gasteiger partial charge in [0.15, 0.2) is 0 Å². The molecule has 2 fully saturated rings. The molecule has 0 unspecified atom stereocenters. The zero-order valence-corrected chi connectivity index (χ0v) is 11.3. The summed E-state index contributed by atoms with van der Waals surface area (Å²) in [6.07, 6.45) is 3.76. The molecule has 2 aliphatic rings. The predicted molar refractivity (Wildman–Crippen MR) is 77.6 cm³/mol. The summed E-state index contributed by atoms with van der Waals surface area (Å²) in [5.74, 6) is 2.34. The molecule has 6 heteroatoms. The number of rotatable bonds is 2. The molecule has 3 rings (SSSR count). The quantitative estimate of drug-likeness (QED) is 0.807. The van der Waals surface area contributed by atoms with Crippen molar-refractivity contribution in [2.24, 2.45) is 0 Å². The fourth-order valence-electron chi connectivity index (χ4n) is 2.73. The smallest absolute Gasteiger partial charge is 0.229 e. The standard InChI is InChI=1S/C13H22N6/c14-11-10-12(18-8-4-15-5-9-18)17-13(16-11)19-6-2-1-3-7-19/h10,15H,1-9H2,(H2,14,16,17). The van der Waals surface area contributed by atoms with Gasteiger partial charge in [-0.2, -0.15) is 9.97 Å². The van der Waals surface area contributed by atoms with E-state index in [0.717, 1.165) is 51.0 Å². The molecule has 1 aromatic rings. The molecule has 0 radical (unpaired) electrons. The number of aromatic nitrogens is 2. The molecule has 2 saturated heterocycles. The molecule has 3 N–H and O–H groups in total. The van der Waals surface area contributed by atoms with Crippen LogP contribution in [0.15, 0.2) is 6.07 Å². The van der Waals surface area contributed by atoms with Crippen LogP contribution >= 0.6 is 0 Å². The van der Waals surface area contributed by atoms with Gasteiger partial charge in [-0.3, -0.25) is 0 Å². The van der Waals surface area contributed by atoms with Crippen molar-refractivity contribution in [3.05, 3.63) is 6.07 Å². The maximum absolute atomic E-state index is 5.95. The summed E-state index contributed by atoms with van der Waals surface area (Å²) in [6.45, 7) is 6.06. The number of hydrogen-bond acceptors (Lipinski definition) is 6. The van der Waals surface area contributed by atoms with E-state index in [1.807, 2.05) is 6.07 Å². The first kappa shape index (κ1) is 12.5. The molecule has 0 amide bonds. The van der Waals surface area contributed by atoms with Gasteiger partial charge in [0.1, 0.15) is 11.6 Å². The van der Waals surface area contributed by atoms with E-state index in [0.29, 0.717) is 5.82 Å². The van der Waals surface area contributed by atoms with Crippen molar-refractivity contribution in [1.29, 1.82) is 0 Å². The molecule has 0 saturated carbocycles. The number of nitrogens with one attached hydrogen (secondary N) is 1. The zero-order chi connectivity index (χ0) is 13.1. The number of nitrogens with zero attached hydrogens (tertiary/aromatic N) is 4. The van der Waals surface area contributed by atoms with Gasteiger partial charge in [-0.25, -0.2) is 0 Å². The van der Waals surface area contributed by atoms with Crippen LogP contribution in [-0.4, -0.2) is 49.2 Å². The van der Waals surface area contributed by atoms with E-state index in [2.05, 4.69) is 20.1 Å². The maximum atomic E-state index is 5.95. The number of nitrogen functional groups attached to an aromatic ring is 1. The molecule has 1 aromatic heterocycles. The Morgan fingerprint density at radius 3 is 2.42 bits per heavy atom. The van der Waals surface area contributed by atoms with Crippen LogP contribution < -0.4 is 20.9 Å². The van der Waals surface area contributed by atoms with Crippen molar-refractivity contribution in [3.8, 4) is 0 Å². The van der Waals surface area contributed by atoms with E-state index < -0.39 is 0 Å². The van der Waals surface area contributed by atoms with Crippen molar-refractivity contribution in [2.75, 3.05) is 54.8 Å². The van der Waals surface area contributed by atoms with Gasteiger partial charge < -0.3 is 20.9 Å². The fourth-order valence-corrected chi connectivity index (χ4v) is 2.73. The highest BCUT2D eigenvalue weighted by Crippen LogP contribution is 2.21. The first-order chi connectivity index (χ1) is 9.33. The minimum absolute atomic E-state index is 0.573. The fraction of sp³-hybridized carbons (Fsp3) is 0.692. The molecule has 2 aliphatic heterocycles. The van der Waals surface area contributed by atoms with Crippen LogP contribution in [-0.2, 0) is 0 Å². The van der Waals surface area contributed by atoms with Crippen molar-refractivity contribution in [3.63, 3.8) is 0 Å². The summed E-state index contributed by atoms with van der Waals surface area (Å²) >= 11 is 0. The number of nitrogens with two attached hydrogens (primary N) is 1. The molecule has 0 spiro atoms. The lowest BCUT2D eigenvalue weighted by atomic mass is 10.1. The third-order valence-electron chi connectivity index (χ3n) is 3.80. The largest absolute Gasteiger partial charge is 0.383 e. The van der Waals surface area contributed by atoms with Crippen molar-refractivity contribution < 1.29 is 0 Å². The average Bonchev–Trinajstić information content (AvgIpc) is 2.48. The van der Waals surface area contributed by atoms with Gasteiger partial charge in [0.25, 0.3) is 0 Å². The Balaban J connectivity index is 1.82. The minimum Gasteiger partial charge on any atom is -0.383 e. The van der Waals surface area contributed by atoms with Gasteiger partial charge in [-0.15, -0.1) is 0 Å². The Labute approximate surface area is 114 Å². The topological polar surface area (TPSA) is 70.3 Å². The Bertz CT molecular complexity index is 387. The van der Waals surface area contributed by atoms with Gasteiger partial charge in [-0.05, 0) is 19.3 Å². The van der Waals surface area contributed by atoms with Crippen LogP contribution in [0.25, 0.3) is 0 Å². The summed E-state index contributed by atoms with van der Waals surface area (Å²) < 4.78 is 0. The first-order valence-electron chi connectivity index (χ1n) is 7.18. The number of piperazine rings is 1. The van der Waals surface area contributed by atoms with E-state index in [4.69, 9.17) is 10.7 Å². The first-order valence-corrected chi connectivity index (χ1v) is 7.18. The molecule has 0 bridgehead atoms. The highest BCUT2D eigenvalue weighted by Gasteiger charge is 2.18. The monoisotopic (exact) mass is 262 g/mol. The lowest BCUT2D eigenvalue weighted by Crippen LogP contribution is -2.44. The second-order valence-electron chi connectivity index (χ2n) is 5.24. The average molecular weight is 262 g/mol. The van der Waals surface area contributed by atoms with Crippen LogP contribution in [0.5, 0.6) is 0 Å². The van der Waals surface area contributed by atoms with Crippen molar-refractivity contribution in [1.82, 2.24) is 15.3 Å². The Morgan fingerprint density at radius 2 is 1.68 bits per heavy atom. The molecule has 6 nitrogen and oxygen atoms in total. The Morgan fingerprint density at radius 1 is 0.947 bits per heavy atom. The van der Waals surface area contributed by atoms with Gasteiger partial charge in [0, 0.05) is 45.3 Å². The molecule has 0 aliphatic carbocycles. The molecule has 0 atom stereocenters. The zero-order valence-electron chi connectivity index (χ0n) is 11.3. The van der Waals surface area contributed by atoms with Gasteiger partial charge >= 0.3 is 0 Å². The van der Waals surface area contributed by atoms with Gasteiger partial charge in [0.2, 0.25) is 5.95 Å². The van der Waals surface area contributed by atoms with Crippen LogP contribution in [0.3, 0.4) is 0 Å². The normalized spacial score (nSPS) is 20.6. The molecular weight excluding hydrogens is 240 g/mol. The van der Waals surface area contributed by atoms with Crippen molar-refractivity contribution >= 4 is 17.6 Å². The number of piperidine rings is 1. The lowest BCUT2D eigenvalue weighted by Gasteiger charge is -2.31. The lowest BCUT2D eigenvalue weighted by molar-refractivity contribution is 0.564. The van der Waals surface area contributed by atoms with E-state index in [1.54, 1.807) is 0 Å². The Kier molecular flexibility index (Phi) is 3.68. The molecule has 19 heavy (non-hydrogen) atoms. The summed E-state index contributed by atoms with van der Waals surface area (Å²) in [4.78, 5) is 13.7. The van der Waals surface area contributed by atoms with Crippen molar-refractivity contribution in [2.45, 2.75) is 19.3 Å². The minimum atomic E-state index is 0.573. The summed E-state index contributed by atoms with van der Waals surface area (Å²) in [5, 5.41) is 3.35. The maximum Gasteiger partial charge on any atom is 0.229 e. The highest BCUT2D eigenvalue weighted by molar-refractivity contribution is 5.52. The molecule has 104 valence electrons. The van der Waals surface area contributed by atoms with E-state index in [1.165, 1.54) is 19.3 Å². The number of hydrogen-bond donors (Lipinski definition) is 2. The summed E-state index contributed by atoms with van der Waals surface area (Å²) in [7, 11) is 0. The Hall–Kier alpha value is -1.56. The van der Waals surface area contributed by atoms with Gasteiger partial charge in [0.05, 0.1) is 0 Å². The summed E-state index contributed by atoms with van der Waals surface area (Å²) in [6, 6.07) is 1.89. The van der Waals surface area contributed by atoms with Crippen LogP contribution in [0.1, 0.15) is 19.3 Å². The highest BCUT2D eigenvalue weighted by atomic mass is 15.3. The van der Waals surface area contributed by atoms with Crippen LogP contribution in [0, 0.1) is 0 Å². The third-order valence-corrected chi connectivity index (χ3v) is 3.80. The predicted octanol–water partition coefficient (Wildman–Crippen LogP) is 0.459. The van der Waals surface area contributed by atoms with Crippen LogP contribution in [0.4, 0.5) is 17.6 Å². The SMILES string of the molecule is Nc1cc(N2CCNCC2)nc(N2CCCCC2)n1. The molecule has 0 aromatic carbocycles. The summed E-state index contributed by atoms with van der Waals surface area (Å²) in [5.41, 5.74) is 5.95. The van der Waals surface area contributed by atoms with E-state index >= 15 is 0 Å². The van der Waals surface area contributed by atoms with E-state index in [9.17, 15) is 0 Å². The second-order valence-corrected chi connectivity index (χ2v) is 5.24.